The monoisotopic (exact) mass is 610 g/mol. The first-order valence-electron chi connectivity index (χ1n) is 11.7. The molecule has 4 N–H and O–H groups in total. The van der Waals surface area contributed by atoms with Crippen LogP contribution in [0.2, 0.25) is 10.0 Å². The molecule has 0 radical (unpaired) electrons. The van der Waals surface area contributed by atoms with Crippen LogP contribution in [-0.2, 0) is 14.4 Å². The summed E-state index contributed by atoms with van der Waals surface area (Å²) in [7, 11) is 0. The van der Waals surface area contributed by atoms with E-state index in [9.17, 15) is 40.7 Å². The molecule has 0 aliphatic carbocycles. The van der Waals surface area contributed by atoms with Crippen molar-refractivity contribution in [1.29, 1.82) is 0 Å². The van der Waals surface area contributed by atoms with Crippen LogP contribution < -0.4 is 16.4 Å². The van der Waals surface area contributed by atoms with Crippen LogP contribution >= 0.6 is 23.2 Å². The van der Waals surface area contributed by atoms with Crippen molar-refractivity contribution in [2.24, 2.45) is 22.6 Å². The first-order chi connectivity index (χ1) is 18.6. The summed E-state index contributed by atoms with van der Waals surface area (Å²) in [4.78, 5) is 42.7. The maximum Gasteiger partial charge on any atom is 0.389 e. The molecule has 15 heteroatoms. The minimum Gasteiger partial charge on any atom is -0.369 e. The van der Waals surface area contributed by atoms with Crippen LogP contribution in [0, 0.1) is 11.8 Å². The van der Waals surface area contributed by atoms with E-state index in [1.807, 2.05) is 0 Å². The molecule has 0 aromatic heterocycles. The van der Waals surface area contributed by atoms with Crippen molar-refractivity contribution in [2.45, 2.75) is 44.2 Å². The molecule has 3 atom stereocenters. The summed E-state index contributed by atoms with van der Waals surface area (Å²) in [5.41, 5.74) is 6.18. The Kier molecular flexibility index (Phi) is 9.72. The van der Waals surface area contributed by atoms with Crippen molar-refractivity contribution in [3.05, 3.63) is 63.6 Å². The smallest absolute Gasteiger partial charge is 0.369 e. The zero-order chi connectivity index (χ0) is 29.8. The highest BCUT2D eigenvalue weighted by Crippen LogP contribution is 2.37. The molecule has 0 fully saturated rings. The zero-order valence-corrected chi connectivity index (χ0v) is 21.9. The van der Waals surface area contributed by atoms with Crippen LogP contribution in [0.15, 0.2) is 47.5 Å². The van der Waals surface area contributed by atoms with Crippen LogP contribution in [0.4, 0.5) is 32.0 Å². The maximum atomic E-state index is 13.2. The number of rotatable bonds is 9. The van der Waals surface area contributed by atoms with Gasteiger partial charge in [-0.2, -0.15) is 26.3 Å². The van der Waals surface area contributed by atoms with E-state index in [2.05, 4.69) is 15.6 Å². The van der Waals surface area contributed by atoms with E-state index < -0.39 is 73.8 Å². The Hall–Kier alpha value is -3.32. The third-order valence-corrected chi connectivity index (χ3v) is 6.90. The highest BCUT2D eigenvalue weighted by atomic mass is 35.5. The molecule has 216 valence electrons. The summed E-state index contributed by atoms with van der Waals surface area (Å²) in [6.07, 6.45) is -16.5. The van der Waals surface area contributed by atoms with Gasteiger partial charge >= 0.3 is 12.4 Å². The third kappa shape index (κ3) is 8.10. The predicted octanol–water partition coefficient (Wildman–Crippen LogP) is 5.63. The van der Waals surface area contributed by atoms with Crippen molar-refractivity contribution < 1.29 is 40.7 Å². The molecule has 1 aliphatic heterocycles. The molecule has 0 bridgehead atoms. The van der Waals surface area contributed by atoms with Gasteiger partial charge in [0.2, 0.25) is 18.0 Å². The fourth-order valence-electron chi connectivity index (χ4n) is 4.18. The largest absolute Gasteiger partial charge is 0.389 e. The number of hydrogen-bond acceptors (Lipinski definition) is 4. The number of carbonyl (C=O) groups is 3. The third-order valence-electron chi connectivity index (χ3n) is 6.10. The summed E-state index contributed by atoms with van der Waals surface area (Å²) in [5, 5.41) is 4.68. The minimum absolute atomic E-state index is 0.0485. The van der Waals surface area contributed by atoms with E-state index in [-0.39, 0.29) is 21.4 Å². The molecule has 3 rings (SSSR count). The predicted molar refractivity (Wildman–Crippen MR) is 136 cm³/mol. The second kappa shape index (κ2) is 12.5. The average Bonchev–Trinajstić information content (AvgIpc) is 2.99. The molecule has 0 unspecified atom stereocenters. The Morgan fingerprint density at radius 2 is 1.52 bits per heavy atom. The molecule has 0 spiro atoms. The fraction of sp³-hybridized carbons (Fsp3) is 0.360. The van der Waals surface area contributed by atoms with E-state index in [4.69, 9.17) is 28.9 Å². The number of primary amides is 1. The number of anilines is 1. The number of nitrogens with one attached hydrogen (secondary N) is 2. The van der Waals surface area contributed by atoms with E-state index in [1.54, 1.807) is 30.3 Å². The number of carbonyl (C=O) groups excluding carboxylic acids is 3. The molecular weight excluding hydrogens is 589 g/mol. The fourth-order valence-corrected chi connectivity index (χ4v) is 4.55. The van der Waals surface area contributed by atoms with Crippen LogP contribution in [0.3, 0.4) is 0 Å². The Bertz CT molecular complexity index is 1300. The number of halogens is 8. The lowest BCUT2D eigenvalue weighted by molar-refractivity contribution is -0.152. The lowest BCUT2D eigenvalue weighted by Gasteiger charge is -2.26. The number of nitrogens with two attached hydrogens (primary N) is 1. The van der Waals surface area contributed by atoms with Crippen LogP contribution in [0.25, 0.3) is 0 Å². The molecule has 0 saturated heterocycles. The van der Waals surface area contributed by atoms with Crippen LogP contribution in [0.5, 0.6) is 0 Å². The molecule has 2 aromatic rings. The maximum absolute atomic E-state index is 13.2. The molecule has 1 aliphatic rings. The highest BCUT2D eigenvalue weighted by molar-refractivity contribution is 6.45. The van der Waals surface area contributed by atoms with Gasteiger partial charge in [0.05, 0.1) is 21.4 Å². The van der Waals surface area contributed by atoms with Gasteiger partial charge in [0.1, 0.15) is 0 Å². The topological polar surface area (TPSA) is 114 Å². The van der Waals surface area contributed by atoms with Gasteiger partial charge in [-0.05, 0) is 25.0 Å². The first kappa shape index (κ1) is 31.2. The number of benzene rings is 2. The summed E-state index contributed by atoms with van der Waals surface area (Å²) < 4.78 is 77.6. The summed E-state index contributed by atoms with van der Waals surface area (Å²) in [6, 6.07) is 11.2. The Balaban J connectivity index is 2.01. The number of aliphatic imine (C=N–C) groups is 1. The number of hydrogen-bond donors (Lipinski definition) is 3. The lowest BCUT2D eigenvalue weighted by Crippen LogP contribution is -2.48. The summed E-state index contributed by atoms with van der Waals surface area (Å²) >= 11 is 12.4. The van der Waals surface area contributed by atoms with Gasteiger partial charge in [-0.1, -0.05) is 53.5 Å². The Morgan fingerprint density at radius 1 is 0.950 bits per heavy atom. The minimum atomic E-state index is -4.79. The second-order valence-corrected chi connectivity index (χ2v) is 9.74. The Morgan fingerprint density at radius 3 is 2.08 bits per heavy atom. The molecule has 2 aromatic carbocycles. The number of fused-ring (bicyclic) bond motifs is 1. The standard InChI is InChI=1S/C25H22Cl2F6N4O3/c26-16-7-6-15-18(12-4-2-1-3-5-12)35-21(23(40)36-19(15)17(16)27)37-22(39)14(9-11-25(31,32)33)13(20(34)38)8-10-24(28,29)30/h1-7,13-14,21H,8-11H2,(H2,34,38)(H,36,40)(H,37,39)/t13-,14+,21+/m0/s1. The molecule has 1 heterocycles. The number of alkyl halides is 6. The number of amides is 3. The van der Waals surface area contributed by atoms with Gasteiger partial charge in [-0.3, -0.25) is 14.4 Å². The van der Waals surface area contributed by atoms with Crippen molar-refractivity contribution in [2.75, 3.05) is 5.32 Å². The molecule has 3 amide bonds. The second-order valence-electron chi connectivity index (χ2n) is 8.95. The first-order valence-corrected chi connectivity index (χ1v) is 12.5. The van der Waals surface area contributed by atoms with Crippen LogP contribution in [-0.4, -0.2) is 42.0 Å². The average molecular weight is 611 g/mol. The zero-order valence-electron chi connectivity index (χ0n) is 20.4. The quantitative estimate of drug-likeness (QED) is 0.320. The molecule has 7 nitrogen and oxygen atoms in total. The summed E-state index contributed by atoms with van der Waals surface area (Å²) in [5.74, 6) is -7.50. The van der Waals surface area contributed by atoms with E-state index >= 15 is 0 Å². The molecule has 40 heavy (non-hydrogen) atoms. The van der Waals surface area contributed by atoms with Gasteiger partial charge in [0.25, 0.3) is 5.91 Å². The van der Waals surface area contributed by atoms with Gasteiger partial charge in [-0.25, -0.2) is 4.99 Å². The molecular formula is C25H22Cl2F6N4O3. The van der Waals surface area contributed by atoms with Gasteiger partial charge in [0.15, 0.2) is 0 Å². The van der Waals surface area contributed by atoms with Gasteiger partial charge in [0, 0.05) is 35.8 Å². The SMILES string of the molecule is NC(=O)[C@@H](CCC(F)(F)F)[C@@H](CCC(F)(F)F)C(=O)N[C@H]1N=C(c2ccccc2)c2ccc(Cl)c(Cl)c2NC1=O. The lowest BCUT2D eigenvalue weighted by atomic mass is 9.83. The van der Waals surface area contributed by atoms with Crippen LogP contribution in [0.1, 0.15) is 36.8 Å². The van der Waals surface area contributed by atoms with Gasteiger partial charge in [-0.15, -0.1) is 0 Å². The van der Waals surface area contributed by atoms with Crippen molar-refractivity contribution in [3.8, 4) is 0 Å². The number of benzodiazepines with no additional fused rings is 1. The van der Waals surface area contributed by atoms with Crippen molar-refractivity contribution in [1.82, 2.24) is 5.32 Å². The number of nitrogens with zero attached hydrogens (tertiary/aromatic N) is 1. The summed E-state index contributed by atoms with van der Waals surface area (Å²) in [6.45, 7) is 0. The van der Waals surface area contributed by atoms with E-state index in [1.165, 1.54) is 12.1 Å². The van der Waals surface area contributed by atoms with E-state index in [0.717, 1.165) is 0 Å². The van der Waals surface area contributed by atoms with Gasteiger partial charge < -0.3 is 16.4 Å². The molecule has 0 saturated carbocycles. The Labute approximate surface area is 234 Å². The van der Waals surface area contributed by atoms with Crippen molar-refractivity contribution >= 4 is 52.3 Å². The normalized spacial score (nSPS) is 17.1. The van der Waals surface area contributed by atoms with E-state index in [0.29, 0.717) is 11.1 Å². The highest BCUT2D eigenvalue weighted by Gasteiger charge is 2.40. The van der Waals surface area contributed by atoms with Crippen molar-refractivity contribution in [3.63, 3.8) is 0 Å².